The van der Waals surface area contributed by atoms with E-state index in [1.807, 2.05) is 45.0 Å². The fourth-order valence-corrected chi connectivity index (χ4v) is 1.25. The van der Waals surface area contributed by atoms with E-state index in [0.717, 1.165) is 11.3 Å². The fraction of sp³-hybridized carbons (Fsp3) is 0.462. The minimum absolute atomic E-state index is 0.235. The molecule has 0 aromatic heterocycles. The molecule has 1 amide bonds. The van der Waals surface area contributed by atoms with Crippen molar-refractivity contribution in [3.05, 3.63) is 29.8 Å². The number of nitrogens with one attached hydrogen (secondary N) is 1. The van der Waals surface area contributed by atoms with Crippen LogP contribution in [0.5, 0.6) is 5.75 Å². The van der Waals surface area contributed by atoms with Crippen molar-refractivity contribution in [3.8, 4) is 5.75 Å². The summed E-state index contributed by atoms with van der Waals surface area (Å²) in [5.41, 5.74) is 0.610. The van der Waals surface area contributed by atoms with Gasteiger partial charge in [-0.05, 0) is 38.5 Å². The van der Waals surface area contributed by atoms with Crippen molar-refractivity contribution in [1.29, 1.82) is 0 Å². The summed E-state index contributed by atoms with van der Waals surface area (Å²) >= 11 is 0. The molecular weight excluding hydrogens is 218 g/mol. The molecule has 0 heterocycles. The van der Waals surface area contributed by atoms with Gasteiger partial charge in [0.15, 0.2) is 0 Å². The Morgan fingerprint density at radius 3 is 2.65 bits per heavy atom. The Morgan fingerprint density at radius 1 is 1.35 bits per heavy atom. The largest absolute Gasteiger partial charge is 0.497 e. The first-order valence-corrected chi connectivity index (χ1v) is 5.48. The molecule has 1 N–H and O–H groups in total. The number of alkyl carbamates (subject to hydrolysis) is 1. The second kappa shape index (κ2) is 5.57. The summed E-state index contributed by atoms with van der Waals surface area (Å²) in [7, 11) is 1.60. The topological polar surface area (TPSA) is 47.6 Å². The van der Waals surface area contributed by atoms with E-state index < -0.39 is 6.09 Å². The Kier molecular flexibility index (Phi) is 4.37. The van der Waals surface area contributed by atoms with Crippen molar-refractivity contribution < 1.29 is 14.3 Å². The maximum atomic E-state index is 11.4. The second-order valence-electron chi connectivity index (χ2n) is 4.80. The number of benzene rings is 1. The third kappa shape index (κ3) is 5.24. The number of rotatable bonds is 3. The highest BCUT2D eigenvalue weighted by atomic mass is 16.5. The Balaban J connectivity index is 2.47. The van der Waals surface area contributed by atoms with Crippen LogP contribution in [-0.2, 0) is 11.3 Å². The van der Waals surface area contributed by atoms with Gasteiger partial charge in [-0.2, -0.15) is 0 Å². The molecule has 0 atom stereocenters. The van der Waals surface area contributed by atoms with Crippen LogP contribution in [0.2, 0.25) is 0 Å². The molecule has 94 valence electrons. The molecule has 0 aliphatic heterocycles. The third-order valence-corrected chi connectivity index (χ3v) is 1.98. The molecule has 1 aromatic carbocycles. The number of methoxy groups -OCH3 is 1. The van der Waals surface area contributed by atoms with Crippen molar-refractivity contribution in [2.45, 2.75) is 32.9 Å². The molecule has 4 nitrogen and oxygen atoms in total. The average molecular weight is 237 g/mol. The Labute approximate surface area is 102 Å². The summed E-state index contributed by atoms with van der Waals surface area (Å²) in [4.78, 5) is 11.4. The molecular formula is C13H19NO3. The van der Waals surface area contributed by atoms with Gasteiger partial charge >= 0.3 is 6.09 Å². The van der Waals surface area contributed by atoms with Gasteiger partial charge in [0.2, 0.25) is 0 Å². The Hall–Kier alpha value is -1.71. The SMILES string of the molecule is COc1cccc(COC(=O)NC(C)(C)C)c1. The van der Waals surface area contributed by atoms with Crippen LogP contribution in [-0.4, -0.2) is 18.7 Å². The number of amides is 1. The van der Waals surface area contributed by atoms with Crippen molar-refractivity contribution in [1.82, 2.24) is 5.32 Å². The third-order valence-electron chi connectivity index (χ3n) is 1.98. The van der Waals surface area contributed by atoms with Crippen molar-refractivity contribution >= 4 is 6.09 Å². The first-order chi connectivity index (χ1) is 7.90. The van der Waals surface area contributed by atoms with Crippen LogP contribution in [0.3, 0.4) is 0 Å². The maximum Gasteiger partial charge on any atom is 0.407 e. The van der Waals surface area contributed by atoms with E-state index in [2.05, 4.69) is 5.32 Å². The zero-order chi connectivity index (χ0) is 12.9. The van der Waals surface area contributed by atoms with Crippen molar-refractivity contribution in [3.63, 3.8) is 0 Å². The number of carbonyl (C=O) groups is 1. The van der Waals surface area contributed by atoms with Crippen LogP contribution in [0.15, 0.2) is 24.3 Å². The summed E-state index contributed by atoms with van der Waals surface area (Å²) < 4.78 is 10.2. The summed E-state index contributed by atoms with van der Waals surface area (Å²) in [6.45, 7) is 5.94. The first kappa shape index (κ1) is 13.4. The molecule has 0 fully saturated rings. The highest BCUT2D eigenvalue weighted by molar-refractivity contribution is 5.68. The molecule has 0 spiro atoms. The quantitative estimate of drug-likeness (QED) is 0.879. The van der Waals surface area contributed by atoms with Gasteiger partial charge in [0.05, 0.1) is 7.11 Å². The second-order valence-corrected chi connectivity index (χ2v) is 4.80. The van der Waals surface area contributed by atoms with Gasteiger partial charge < -0.3 is 14.8 Å². The lowest BCUT2D eigenvalue weighted by Gasteiger charge is -2.19. The van der Waals surface area contributed by atoms with Gasteiger partial charge in [0.1, 0.15) is 12.4 Å². The summed E-state index contributed by atoms with van der Waals surface area (Å²) in [6.07, 6.45) is -0.416. The standard InChI is InChI=1S/C13H19NO3/c1-13(2,3)14-12(15)17-9-10-6-5-7-11(8-10)16-4/h5-8H,9H2,1-4H3,(H,14,15). The molecule has 0 bridgehead atoms. The van der Waals surface area contributed by atoms with Gasteiger partial charge in [-0.3, -0.25) is 0 Å². The lowest BCUT2D eigenvalue weighted by atomic mass is 10.1. The van der Waals surface area contributed by atoms with Gasteiger partial charge in [0, 0.05) is 5.54 Å². The van der Waals surface area contributed by atoms with Gasteiger partial charge in [-0.25, -0.2) is 4.79 Å². The molecule has 0 aliphatic rings. The predicted octanol–water partition coefficient (Wildman–Crippen LogP) is 2.72. The minimum Gasteiger partial charge on any atom is -0.497 e. The Bertz CT molecular complexity index is 382. The monoisotopic (exact) mass is 237 g/mol. The lowest BCUT2D eigenvalue weighted by molar-refractivity contribution is 0.131. The molecule has 0 saturated carbocycles. The van der Waals surface area contributed by atoms with E-state index in [0.29, 0.717) is 0 Å². The van der Waals surface area contributed by atoms with E-state index in [-0.39, 0.29) is 12.1 Å². The zero-order valence-corrected chi connectivity index (χ0v) is 10.7. The number of carbonyl (C=O) groups excluding carboxylic acids is 1. The fourth-order valence-electron chi connectivity index (χ4n) is 1.25. The van der Waals surface area contributed by atoms with Crippen LogP contribution in [0.25, 0.3) is 0 Å². The van der Waals surface area contributed by atoms with E-state index in [4.69, 9.17) is 9.47 Å². The number of hydrogen-bond acceptors (Lipinski definition) is 3. The molecule has 0 radical (unpaired) electrons. The smallest absolute Gasteiger partial charge is 0.407 e. The highest BCUT2D eigenvalue weighted by Gasteiger charge is 2.14. The van der Waals surface area contributed by atoms with E-state index in [1.165, 1.54) is 0 Å². The average Bonchev–Trinajstić information content (AvgIpc) is 2.24. The Morgan fingerprint density at radius 2 is 2.06 bits per heavy atom. The molecule has 17 heavy (non-hydrogen) atoms. The van der Waals surface area contributed by atoms with Crippen LogP contribution in [0.4, 0.5) is 4.79 Å². The number of ether oxygens (including phenoxy) is 2. The molecule has 1 aromatic rings. The predicted molar refractivity (Wildman–Crippen MR) is 66.1 cm³/mol. The normalized spacial score (nSPS) is 10.8. The van der Waals surface area contributed by atoms with Crippen molar-refractivity contribution in [2.75, 3.05) is 7.11 Å². The van der Waals surface area contributed by atoms with E-state index in [1.54, 1.807) is 7.11 Å². The van der Waals surface area contributed by atoms with Crippen LogP contribution in [0.1, 0.15) is 26.3 Å². The number of hydrogen-bond donors (Lipinski definition) is 1. The van der Waals surface area contributed by atoms with Gasteiger partial charge in [-0.1, -0.05) is 12.1 Å². The van der Waals surface area contributed by atoms with Crippen LogP contribution < -0.4 is 10.1 Å². The summed E-state index contributed by atoms with van der Waals surface area (Å²) in [6, 6.07) is 7.43. The van der Waals surface area contributed by atoms with E-state index >= 15 is 0 Å². The highest BCUT2D eigenvalue weighted by Crippen LogP contribution is 2.13. The molecule has 0 unspecified atom stereocenters. The van der Waals surface area contributed by atoms with E-state index in [9.17, 15) is 4.79 Å². The van der Waals surface area contributed by atoms with Crippen LogP contribution >= 0.6 is 0 Å². The molecule has 0 saturated heterocycles. The minimum atomic E-state index is -0.416. The molecule has 0 aliphatic carbocycles. The summed E-state index contributed by atoms with van der Waals surface area (Å²) in [5.74, 6) is 0.752. The van der Waals surface area contributed by atoms with Crippen LogP contribution in [0, 0.1) is 0 Å². The van der Waals surface area contributed by atoms with Gasteiger partial charge in [0.25, 0.3) is 0 Å². The van der Waals surface area contributed by atoms with Crippen molar-refractivity contribution in [2.24, 2.45) is 0 Å². The summed E-state index contributed by atoms with van der Waals surface area (Å²) in [5, 5.41) is 2.73. The maximum absolute atomic E-state index is 11.4. The lowest BCUT2D eigenvalue weighted by Crippen LogP contribution is -2.40. The van der Waals surface area contributed by atoms with Gasteiger partial charge in [-0.15, -0.1) is 0 Å². The zero-order valence-electron chi connectivity index (χ0n) is 10.7. The molecule has 4 heteroatoms. The first-order valence-electron chi connectivity index (χ1n) is 5.48. The molecule has 1 rings (SSSR count).